The van der Waals surface area contributed by atoms with Gasteiger partial charge in [0.2, 0.25) is 10.0 Å². The van der Waals surface area contributed by atoms with E-state index in [0.717, 1.165) is 19.4 Å². The van der Waals surface area contributed by atoms with Gasteiger partial charge in [-0.1, -0.05) is 0 Å². The maximum atomic E-state index is 13.2. The quantitative estimate of drug-likeness (QED) is 0.856. The van der Waals surface area contributed by atoms with Crippen molar-refractivity contribution in [1.29, 1.82) is 0 Å². The molecule has 0 aromatic heterocycles. The van der Waals surface area contributed by atoms with Crippen molar-refractivity contribution in [3.05, 3.63) is 28.5 Å². The minimum Gasteiger partial charge on any atom is -0.313 e. The van der Waals surface area contributed by atoms with Crippen molar-refractivity contribution in [2.75, 3.05) is 13.1 Å². The van der Waals surface area contributed by atoms with Crippen LogP contribution in [0.4, 0.5) is 4.39 Å². The SMILES string of the molecule is CC(C)N(CC1CCCN1)S(=O)(=O)c1ccc(F)cc1Br. The van der Waals surface area contributed by atoms with Gasteiger partial charge >= 0.3 is 0 Å². The molecule has 1 aliphatic rings. The lowest BCUT2D eigenvalue weighted by atomic mass is 10.2. The largest absolute Gasteiger partial charge is 0.313 e. The second kappa shape index (κ2) is 6.73. The lowest BCUT2D eigenvalue weighted by Gasteiger charge is -2.29. The summed E-state index contributed by atoms with van der Waals surface area (Å²) < 4.78 is 40.6. The average molecular weight is 379 g/mol. The Hall–Kier alpha value is -0.500. The average Bonchev–Trinajstić information content (AvgIpc) is 2.87. The Balaban J connectivity index is 2.32. The third kappa shape index (κ3) is 3.83. The monoisotopic (exact) mass is 378 g/mol. The molecule has 0 spiro atoms. The first-order valence-corrected chi connectivity index (χ1v) is 9.26. The van der Waals surface area contributed by atoms with Gasteiger partial charge in [0.15, 0.2) is 0 Å². The van der Waals surface area contributed by atoms with Crippen LogP contribution in [0.15, 0.2) is 27.6 Å². The van der Waals surface area contributed by atoms with Gasteiger partial charge in [0.25, 0.3) is 0 Å². The molecular formula is C14H20BrFN2O2S. The molecule has 0 aliphatic carbocycles. The molecule has 1 fully saturated rings. The zero-order chi connectivity index (χ0) is 15.6. The van der Waals surface area contributed by atoms with Gasteiger partial charge in [-0.15, -0.1) is 0 Å². The van der Waals surface area contributed by atoms with Gasteiger partial charge in [-0.25, -0.2) is 12.8 Å². The molecule has 4 nitrogen and oxygen atoms in total. The van der Waals surface area contributed by atoms with Crippen molar-refractivity contribution in [3.8, 4) is 0 Å². The van der Waals surface area contributed by atoms with E-state index >= 15 is 0 Å². The summed E-state index contributed by atoms with van der Waals surface area (Å²) in [4.78, 5) is 0.107. The van der Waals surface area contributed by atoms with Gasteiger partial charge in [-0.3, -0.25) is 0 Å². The molecule has 1 aromatic rings. The number of benzene rings is 1. The van der Waals surface area contributed by atoms with Gasteiger partial charge in [0, 0.05) is 23.1 Å². The number of sulfonamides is 1. The smallest absolute Gasteiger partial charge is 0.244 e. The fourth-order valence-corrected chi connectivity index (χ4v) is 5.22. The maximum Gasteiger partial charge on any atom is 0.244 e. The fourth-order valence-electron chi connectivity index (χ4n) is 2.53. The lowest BCUT2D eigenvalue weighted by Crippen LogP contribution is -2.44. The summed E-state index contributed by atoms with van der Waals surface area (Å²) in [5.74, 6) is -0.464. The highest BCUT2D eigenvalue weighted by molar-refractivity contribution is 9.10. The summed E-state index contributed by atoms with van der Waals surface area (Å²) in [6.45, 7) is 5.06. The predicted molar refractivity (Wildman–Crippen MR) is 84.2 cm³/mol. The van der Waals surface area contributed by atoms with E-state index < -0.39 is 15.8 Å². The van der Waals surface area contributed by atoms with Crippen LogP contribution in [0.1, 0.15) is 26.7 Å². The van der Waals surface area contributed by atoms with Crippen LogP contribution in [0.5, 0.6) is 0 Å². The second-order valence-corrected chi connectivity index (χ2v) is 8.25. The van der Waals surface area contributed by atoms with Crippen LogP contribution in [0, 0.1) is 5.82 Å². The van der Waals surface area contributed by atoms with Crippen molar-refractivity contribution >= 4 is 26.0 Å². The first-order chi connectivity index (χ1) is 9.82. The summed E-state index contributed by atoms with van der Waals surface area (Å²) in [7, 11) is -3.66. The van der Waals surface area contributed by atoms with E-state index in [1.807, 2.05) is 13.8 Å². The third-order valence-corrected chi connectivity index (χ3v) is 6.64. The summed E-state index contributed by atoms with van der Waals surface area (Å²) in [5.41, 5.74) is 0. The molecule has 1 aromatic carbocycles. The van der Waals surface area contributed by atoms with Gasteiger partial charge in [0.1, 0.15) is 5.82 Å². The van der Waals surface area contributed by atoms with Crippen molar-refractivity contribution in [2.45, 2.75) is 43.7 Å². The van der Waals surface area contributed by atoms with Crippen molar-refractivity contribution in [3.63, 3.8) is 0 Å². The molecule has 1 N–H and O–H groups in total. The fraction of sp³-hybridized carbons (Fsp3) is 0.571. The van der Waals surface area contributed by atoms with E-state index in [4.69, 9.17) is 0 Å². The minimum atomic E-state index is -3.66. The van der Waals surface area contributed by atoms with E-state index in [1.165, 1.54) is 22.5 Å². The Labute approximate surface area is 133 Å². The predicted octanol–water partition coefficient (Wildman–Crippen LogP) is 2.74. The Morgan fingerprint density at radius 3 is 2.71 bits per heavy atom. The van der Waals surface area contributed by atoms with Gasteiger partial charge in [-0.2, -0.15) is 4.31 Å². The molecule has 1 atom stereocenters. The molecule has 1 heterocycles. The Bertz CT molecular complexity index is 601. The number of hydrogen-bond donors (Lipinski definition) is 1. The van der Waals surface area contributed by atoms with Crippen LogP contribution < -0.4 is 5.32 Å². The molecule has 1 unspecified atom stereocenters. The van der Waals surface area contributed by atoms with Crippen molar-refractivity contribution in [2.24, 2.45) is 0 Å². The number of nitrogens with zero attached hydrogens (tertiary/aromatic N) is 1. The highest BCUT2D eigenvalue weighted by Gasteiger charge is 2.31. The maximum absolute atomic E-state index is 13.2. The summed E-state index contributed by atoms with van der Waals surface area (Å²) in [6.07, 6.45) is 2.04. The van der Waals surface area contributed by atoms with E-state index in [0.29, 0.717) is 6.54 Å². The number of nitrogens with one attached hydrogen (secondary N) is 1. The lowest BCUT2D eigenvalue weighted by molar-refractivity contribution is 0.322. The summed E-state index contributed by atoms with van der Waals surface area (Å²) in [6, 6.07) is 3.69. The number of halogens is 2. The molecule has 1 saturated heterocycles. The van der Waals surface area contributed by atoms with Crippen molar-refractivity contribution in [1.82, 2.24) is 9.62 Å². The normalized spacial score (nSPS) is 19.6. The van der Waals surface area contributed by atoms with Crippen LogP contribution in [-0.2, 0) is 10.0 Å². The van der Waals surface area contributed by atoms with Crippen LogP contribution in [0.25, 0.3) is 0 Å². The van der Waals surface area contributed by atoms with E-state index in [9.17, 15) is 12.8 Å². The first-order valence-electron chi connectivity index (χ1n) is 7.02. The zero-order valence-electron chi connectivity index (χ0n) is 12.1. The molecule has 7 heteroatoms. The van der Waals surface area contributed by atoms with E-state index in [2.05, 4.69) is 21.2 Å². The van der Waals surface area contributed by atoms with Gasteiger partial charge in [-0.05, 0) is 67.4 Å². The van der Waals surface area contributed by atoms with E-state index in [1.54, 1.807) is 0 Å². The zero-order valence-corrected chi connectivity index (χ0v) is 14.5. The molecule has 0 amide bonds. The minimum absolute atomic E-state index is 0.107. The van der Waals surface area contributed by atoms with Crippen LogP contribution >= 0.6 is 15.9 Å². The first kappa shape index (κ1) is 16.9. The molecule has 118 valence electrons. The third-order valence-electron chi connectivity index (χ3n) is 3.62. The van der Waals surface area contributed by atoms with Gasteiger partial charge < -0.3 is 5.32 Å². The van der Waals surface area contributed by atoms with Gasteiger partial charge in [0.05, 0.1) is 4.90 Å². The topological polar surface area (TPSA) is 49.4 Å². The molecule has 1 aliphatic heterocycles. The van der Waals surface area contributed by atoms with Crippen LogP contribution in [0.3, 0.4) is 0 Å². The second-order valence-electron chi connectivity index (χ2n) is 5.54. The van der Waals surface area contributed by atoms with E-state index in [-0.39, 0.29) is 21.5 Å². The highest BCUT2D eigenvalue weighted by Crippen LogP contribution is 2.27. The Morgan fingerprint density at radius 2 is 2.19 bits per heavy atom. The summed E-state index contributed by atoms with van der Waals surface area (Å²) in [5, 5.41) is 3.31. The molecule has 0 saturated carbocycles. The Morgan fingerprint density at radius 1 is 1.48 bits per heavy atom. The molecular weight excluding hydrogens is 359 g/mol. The molecule has 21 heavy (non-hydrogen) atoms. The van der Waals surface area contributed by atoms with Crippen LogP contribution in [0.2, 0.25) is 0 Å². The molecule has 0 radical (unpaired) electrons. The molecule has 0 bridgehead atoms. The highest BCUT2D eigenvalue weighted by atomic mass is 79.9. The summed E-state index contributed by atoms with van der Waals surface area (Å²) >= 11 is 3.15. The molecule has 2 rings (SSSR count). The number of hydrogen-bond acceptors (Lipinski definition) is 3. The standard InChI is InChI=1S/C14H20BrFN2O2S/c1-10(2)18(9-12-4-3-7-17-12)21(19,20)14-6-5-11(16)8-13(14)15/h5-6,8,10,12,17H,3-4,7,9H2,1-2H3. The van der Waals surface area contributed by atoms with Crippen molar-refractivity contribution < 1.29 is 12.8 Å². The Kier molecular flexibility index (Phi) is 5.40. The van der Waals surface area contributed by atoms with Crippen LogP contribution in [-0.4, -0.2) is 37.9 Å². The number of rotatable bonds is 5.